The fourth-order valence-electron chi connectivity index (χ4n) is 3.28. The monoisotopic (exact) mass is 249 g/mol. The summed E-state index contributed by atoms with van der Waals surface area (Å²) in [6, 6.07) is 0.717. The molecule has 3 nitrogen and oxygen atoms in total. The third kappa shape index (κ3) is 3.14. The number of rotatable bonds is 6. The molecule has 1 N–H and O–H groups in total. The van der Waals surface area contributed by atoms with Crippen molar-refractivity contribution in [1.29, 1.82) is 0 Å². The quantitative estimate of drug-likeness (QED) is 0.840. The van der Waals surface area contributed by atoms with Gasteiger partial charge in [-0.15, -0.1) is 0 Å². The summed E-state index contributed by atoms with van der Waals surface area (Å²) in [5.41, 5.74) is 0.434. The number of hydrogen-bond acceptors (Lipinski definition) is 2. The summed E-state index contributed by atoms with van der Waals surface area (Å²) >= 11 is 0. The molecule has 0 amide bonds. The van der Waals surface area contributed by atoms with Gasteiger partial charge < -0.3 is 9.88 Å². The molecule has 102 valence electrons. The highest BCUT2D eigenvalue weighted by Crippen LogP contribution is 2.40. The number of aryl methyl sites for hydroxylation is 1. The van der Waals surface area contributed by atoms with Gasteiger partial charge >= 0.3 is 0 Å². The molecule has 0 bridgehead atoms. The molecule has 1 aliphatic rings. The van der Waals surface area contributed by atoms with Crippen molar-refractivity contribution in [3.8, 4) is 0 Å². The average molecular weight is 249 g/mol. The Kier molecular flexibility index (Phi) is 4.44. The minimum atomic E-state index is 0.434. The maximum atomic E-state index is 4.56. The Morgan fingerprint density at radius 3 is 3.06 bits per heavy atom. The van der Waals surface area contributed by atoms with Gasteiger partial charge in [-0.25, -0.2) is 4.98 Å². The lowest BCUT2D eigenvalue weighted by Gasteiger charge is -2.24. The van der Waals surface area contributed by atoms with Crippen LogP contribution in [0.3, 0.4) is 0 Å². The molecule has 2 unspecified atom stereocenters. The van der Waals surface area contributed by atoms with Gasteiger partial charge in [0.15, 0.2) is 0 Å². The molecule has 0 radical (unpaired) electrons. The standard InChI is InChI=1S/C15H27N3/c1-4-9-18-10-8-17-14(18)12-15(3)7-6-13(11-15)16-5-2/h8,10,13,16H,4-7,9,11-12H2,1-3H3. The second kappa shape index (κ2) is 5.87. The Morgan fingerprint density at radius 1 is 1.50 bits per heavy atom. The van der Waals surface area contributed by atoms with Crippen LogP contribution in [0.4, 0.5) is 0 Å². The Bertz CT molecular complexity index is 372. The van der Waals surface area contributed by atoms with Crippen LogP contribution in [0.25, 0.3) is 0 Å². The smallest absolute Gasteiger partial charge is 0.109 e. The fourth-order valence-corrected chi connectivity index (χ4v) is 3.28. The van der Waals surface area contributed by atoms with Gasteiger partial charge in [0, 0.05) is 31.4 Å². The number of hydrogen-bond donors (Lipinski definition) is 1. The Balaban J connectivity index is 1.98. The minimum absolute atomic E-state index is 0.434. The molecule has 0 spiro atoms. The van der Waals surface area contributed by atoms with E-state index in [4.69, 9.17) is 0 Å². The van der Waals surface area contributed by atoms with Gasteiger partial charge in [0.05, 0.1) is 0 Å². The first-order valence-corrected chi connectivity index (χ1v) is 7.40. The molecule has 0 aliphatic heterocycles. The SMILES string of the molecule is CCCn1ccnc1CC1(C)CCC(NCC)C1. The van der Waals surface area contributed by atoms with Crippen LogP contribution in [-0.4, -0.2) is 22.1 Å². The van der Waals surface area contributed by atoms with Crippen LogP contribution in [0.15, 0.2) is 12.4 Å². The minimum Gasteiger partial charge on any atom is -0.335 e. The van der Waals surface area contributed by atoms with Crippen molar-refractivity contribution >= 4 is 0 Å². The largest absolute Gasteiger partial charge is 0.335 e. The van der Waals surface area contributed by atoms with E-state index >= 15 is 0 Å². The van der Waals surface area contributed by atoms with E-state index in [1.807, 2.05) is 6.20 Å². The molecule has 1 heterocycles. The summed E-state index contributed by atoms with van der Waals surface area (Å²) in [7, 11) is 0. The van der Waals surface area contributed by atoms with E-state index in [2.05, 4.69) is 41.8 Å². The molecular formula is C15H27N3. The number of nitrogens with one attached hydrogen (secondary N) is 1. The normalized spacial score (nSPS) is 27.8. The highest BCUT2D eigenvalue weighted by molar-refractivity contribution is 5.01. The zero-order chi connectivity index (χ0) is 13.0. The van der Waals surface area contributed by atoms with Gasteiger partial charge in [0.25, 0.3) is 0 Å². The van der Waals surface area contributed by atoms with E-state index in [-0.39, 0.29) is 0 Å². The first-order valence-electron chi connectivity index (χ1n) is 7.40. The molecule has 1 fully saturated rings. The maximum Gasteiger partial charge on any atom is 0.109 e. The molecular weight excluding hydrogens is 222 g/mol. The predicted molar refractivity (Wildman–Crippen MR) is 75.6 cm³/mol. The van der Waals surface area contributed by atoms with Crippen LogP contribution >= 0.6 is 0 Å². The number of nitrogens with zero attached hydrogens (tertiary/aromatic N) is 2. The molecule has 1 aromatic heterocycles. The molecule has 0 aromatic carbocycles. The van der Waals surface area contributed by atoms with E-state index in [0.29, 0.717) is 5.41 Å². The van der Waals surface area contributed by atoms with Crippen molar-refractivity contribution in [2.24, 2.45) is 5.41 Å². The van der Waals surface area contributed by atoms with E-state index in [0.717, 1.165) is 25.6 Å². The summed E-state index contributed by atoms with van der Waals surface area (Å²) in [6.45, 7) is 9.04. The van der Waals surface area contributed by atoms with Crippen molar-refractivity contribution in [2.75, 3.05) is 6.54 Å². The number of aromatic nitrogens is 2. The van der Waals surface area contributed by atoms with Crippen molar-refractivity contribution < 1.29 is 0 Å². The number of imidazole rings is 1. The maximum absolute atomic E-state index is 4.56. The van der Waals surface area contributed by atoms with Crippen LogP contribution < -0.4 is 5.32 Å². The highest BCUT2D eigenvalue weighted by atomic mass is 15.1. The second-order valence-corrected chi connectivity index (χ2v) is 6.02. The summed E-state index contributed by atoms with van der Waals surface area (Å²) in [6.07, 6.45) is 10.3. The van der Waals surface area contributed by atoms with E-state index < -0.39 is 0 Å². The topological polar surface area (TPSA) is 29.9 Å². The van der Waals surface area contributed by atoms with Gasteiger partial charge in [0.2, 0.25) is 0 Å². The van der Waals surface area contributed by atoms with Gasteiger partial charge in [-0.1, -0.05) is 20.8 Å². The van der Waals surface area contributed by atoms with Crippen LogP contribution in [0.2, 0.25) is 0 Å². The lowest BCUT2D eigenvalue weighted by Crippen LogP contribution is -2.28. The molecule has 18 heavy (non-hydrogen) atoms. The molecule has 0 saturated heterocycles. The Morgan fingerprint density at radius 2 is 2.33 bits per heavy atom. The van der Waals surface area contributed by atoms with E-state index in [1.54, 1.807) is 0 Å². The van der Waals surface area contributed by atoms with E-state index in [9.17, 15) is 0 Å². The highest BCUT2D eigenvalue weighted by Gasteiger charge is 2.35. The molecule has 3 heteroatoms. The zero-order valence-corrected chi connectivity index (χ0v) is 12.1. The zero-order valence-electron chi connectivity index (χ0n) is 12.1. The Labute approximate surface area is 111 Å². The van der Waals surface area contributed by atoms with Gasteiger partial charge in [0.1, 0.15) is 5.82 Å². The first kappa shape index (κ1) is 13.6. The fraction of sp³-hybridized carbons (Fsp3) is 0.800. The van der Waals surface area contributed by atoms with Gasteiger partial charge in [-0.3, -0.25) is 0 Å². The average Bonchev–Trinajstić information content (AvgIpc) is 2.89. The van der Waals surface area contributed by atoms with Crippen molar-refractivity contribution in [3.05, 3.63) is 18.2 Å². The lowest BCUT2D eigenvalue weighted by molar-refractivity contribution is 0.310. The van der Waals surface area contributed by atoms with Crippen LogP contribution in [-0.2, 0) is 13.0 Å². The summed E-state index contributed by atoms with van der Waals surface area (Å²) in [4.78, 5) is 4.56. The van der Waals surface area contributed by atoms with Crippen LogP contribution in [0.5, 0.6) is 0 Å². The molecule has 2 rings (SSSR count). The van der Waals surface area contributed by atoms with Crippen LogP contribution in [0, 0.1) is 5.41 Å². The Hall–Kier alpha value is -0.830. The molecule has 1 aliphatic carbocycles. The summed E-state index contributed by atoms with van der Waals surface area (Å²) < 4.78 is 2.33. The lowest BCUT2D eigenvalue weighted by atomic mass is 9.84. The summed E-state index contributed by atoms with van der Waals surface area (Å²) in [5, 5.41) is 3.59. The van der Waals surface area contributed by atoms with Crippen molar-refractivity contribution in [3.63, 3.8) is 0 Å². The van der Waals surface area contributed by atoms with Crippen molar-refractivity contribution in [1.82, 2.24) is 14.9 Å². The molecule has 2 atom stereocenters. The first-order chi connectivity index (χ1) is 8.67. The predicted octanol–water partition coefficient (Wildman–Crippen LogP) is 3.00. The summed E-state index contributed by atoms with van der Waals surface area (Å²) in [5.74, 6) is 1.27. The second-order valence-electron chi connectivity index (χ2n) is 6.02. The van der Waals surface area contributed by atoms with Crippen molar-refractivity contribution in [2.45, 2.75) is 65.5 Å². The van der Waals surface area contributed by atoms with Gasteiger partial charge in [-0.2, -0.15) is 0 Å². The van der Waals surface area contributed by atoms with Gasteiger partial charge in [-0.05, 0) is 37.6 Å². The molecule has 1 aromatic rings. The van der Waals surface area contributed by atoms with E-state index in [1.165, 1.54) is 31.5 Å². The third-order valence-corrected chi connectivity index (χ3v) is 4.18. The van der Waals surface area contributed by atoms with Crippen LogP contribution in [0.1, 0.15) is 52.3 Å². The molecule has 1 saturated carbocycles. The third-order valence-electron chi connectivity index (χ3n) is 4.18.